The number of nitrogens with one attached hydrogen (secondary N) is 1. The van der Waals surface area contributed by atoms with Crippen molar-refractivity contribution in [2.45, 2.75) is 31.6 Å². The number of likely N-dealkylation sites (tertiary alicyclic amines) is 1. The first-order chi connectivity index (χ1) is 13.3. The van der Waals surface area contributed by atoms with Gasteiger partial charge in [0, 0.05) is 29.7 Å². The monoisotopic (exact) mass is 410 g/mol. The van der Waals surface area contributed by atoms with Crippen molar-refractivity contribution in [3.63, 3.8) is 0 Å². The van der Waals surface area contributed by atoms with Gasteiger partial charge < -0.3 is 10.4 Å². The van der Waals surface area contributed by atoms with Gasteiger partial charge in [-0.2, -0.15) is 18.4 Å². The number of benzene rings is 1. The third kappa shape index (κ3) is 4.86. The van der Waals surface area contributed by atoms with Crippen LogP contribution in [0, 0.1) is 11.3 Å². The highest BCUT2D eigenvalue weighted by atomic mass is 35.5. The van der Waals surface area contributed by atoms with E-state index in [-0.39, 0.29) is 23.2 Å². The summed E-state index contributed by atoms with van der Waals surface area (Å²) in [6.07, 6.45) is -3.02. The summed E-state index contributed by atoms with van der Waals surface area (Å²) in [4.78, 5) is 5.68. The molecule has 0 aliphatic carbocycles. The molecule has 1 fully saturated rings. The zero-order valence-corrected chi connectivity index (χ0v) is 15.6. The fraction of sp³-hybridized carbons (Fsp3) is 0.368. The van der Waals surface area contributed by atoms with E-state index in [0.29, 0.717) is 23.7 Å². The standard InChI is InChI=1S/C19H18ClF3N4O/c20-14-4-5-16(28)13(8-14)10-27-7-1-2-15(11-27)25-18-12(9-24)3-6-17(26-18)19(21,22)23/h3-6,8,15,28H,1-2,7,10-11H2,(H,25,26). The average molecular weight is 411 g/mol. The lowest BCUT2D eigenvalue weighted by Gasteiger charge is -2.33. The van der Waals surface area contributed by atoms with Crippen molar-refractivity contribution in [2.24, 2.45) is 0 Å². The van der Waals surface area contributed by atoms with E-state index in [1.165, 1.54) is 6.07 Å². The molecule has 0 bridgehead atoms. The fourth-order valence-corrected chi connectivity index (χ4v) is 3.44. The van der Waals surface area contributed by atoms with E-state index < -0.39 is 11.9 Å². The summed E-state index contributed by atoms with van der Waals surface area (Å²) < 4.78 is 38.8. The van der Waals surface area contributed by atoms with Crippen LogP contribution in [0.25, 0.3) is 0 Å². The predicted molar refractivity (Wildman–Crippen MR) is 99.0 cm³/mol. The number of phenolic OH excluding ortho intramolecular Hbond substituents is 1. The molecule has 2 heterocycles. The second-order valence-corrected chi connectivity index (χ2v) is 7.13. The van der Waals surface area contributed by atoms with Gasteiger partial charge in [0.05, 0.1) is 5.56 Å². The molecule has 0 saturated carbocycles. The van der Waals surface area contributed by atoms with Crippen LogP contribution in [-0.4, -0.2) is 34.1 Å². The Balaban J connectivity index is 1.73. The van der Waals surface area contributed by atoms with Crippen LogP contribution in [-0.2, 0) is 12.7 Å². The highest BCUT2D eigenvalue weighted by molar-refractivity contribution is 6.30. The van der Waals surface area contributed by atoms with Gasteiger partial charge in [-0.3, -0.25) is 4.90 Å². The Hall–Kier alpha value is -2.50. The van der Waals surface area contributed by atoms with E-state index in [2.05, 4.69) is 15.2 Å². The fourth-order valence-electron chi connectivity index (χ4n) is 3.25. The Morgan fingerprint density at radius 2 is 2.11 bits per heavy atom. The van der Waals surface area contributed by atoms with E-state index in [1.54, 1.807) is 12.1 Å². The molecule has 9 heteroatoms. The molecule has 1 aliphatic heterocycles. The molecule has 2 aromatic rings. The van der Waals surface area contributed by atoms with Crippen LogP contribution in [0.3, 0.4) is 0 Å². The molecule has 0 amide bonds. The molecule has 1 aliphatic rings. The van der Waals surface area contributed by atoms with Gasteiger partial charge in [0.15, 0.2) is 0 Å². The van der Waals surface area contributed by atoms with E-state index in [9.17, 15) is 23.5 Å². The number of alkyl halides is 3. The van der Waals surface area contributed by atoms with Crippen molar-refractivity contribution in [3.05, 3.63) is 52.2 Å². The maximum absolute atomic E-state index is 12.9. The second-order valence-electron chi connectivity index (χ2n) is 6.69. The Bertz CT molecular complexity index is 898. The van der Waals surface area contributed by atoms with Gasteiger partial charge in [-0.15, -0.1) is 0 Å². The van der Waals surface area contributed by atoms with Crippen LogP contribution in [0.15, 0.2) is 30.3 Å². The maximum Gasteiger partial charge on any atom is 0.433 e. The van der Waals surface area contributed by atoms with Gasteiger partial charge in [-0.05, 0) is 49.7 Å². The third-order valence-corrected chi connectivity index (χ3v) is 4.82. The zero-order valence-electron chi connectivity index (χ0n) is 14.8. The molecule has 1 aromatic carbocycles. The van der Waals surface area contributed by atoms with Crippen molar-refractivity contribution >= 4 is 17.4 Å². The quantitative estimate of drug-likeness (QED) is 0.781. The Kier molecular flexibility index (Phi) is 5.96. The van der Waals surface area contributed by atoms with Crippen molar-refractivity contribution in [3.8, 4) is 11.8 Å². The largest absolute Gasteiger partial charge is 0.508 e. The second kappa shape index (κ2) is 8.25. The summed E-state index contributed by atoms with van der Waals surface area (Å²) in [6.45, 7) is 1.78. The van der Waals surface area contributed by atoms with Crippen LogP contribution >= 0.6 is 11.6 Å². The van der Waals surface area contributed by atoms with Crippen molar-refractivity contribution in [1.82, 2.24) is 9.88 Å². The first kappa shape index (κ1) is 20.2. The van der Waals surface area contributed by atoms with E-state index in [0.717, 1.165) is 31.5 Å². The van der Waals surface area contributed by atoms with E-state index in [1.807, 2.05) is 6.07 Å². The number of hydrogen-bond donors (Lipinski definition) is 2. The van der Waals surface area contributed by atoms with Crippen LogP contribution in [0.5, 0.6) is 5.75 Å². The number of rotatable bonds is 4. The molecule has 148 valence electrons. The number of phenols is 1. The van der Waals surface area contributed by atoms with Gasteiger partial charge >= 0.3 is 6.18 Å². The number of pyridine rings is 1. The lowest BCUT2D eigenvalue weighted by molar-refractivity contribution is -0.141. The molecule has 1 saturated heterocycles. The highest BCUT2D eigenvalue weighted by Crippen LogP contribution is 2.30. The van der Waals surface area contributed by atoms with Crippen molar-refractivity contribution < 1.29 is 18.3 Å². The summed E-state index contributed by atoms with van der Waals surface area (Å²) in [5.41, 5.74) is -0.286. The van der Waals surface area contributed by atoms with Crippen LogP contribution in [0.2, 0.25) is 5.02 Å². The van der Waals surface area contributed by atoms with Crippen LogP contribution in [0.1, 0.15) is 29.7 Å². The minimum atomic E-state index is -4.58. The zero-order chi connectivity index (χ0) is 20.3. The number of aromatic hydroxyl groups is 1. The van der Waals surface area contributed by atoms with Gasteiger partial charge in [0.25, 0.3) is 0 Å². The van der Waals surface area contributed by atoms with Gasteiger partial charge in [-0.25, -0.2) is 4.98 Å². The predicted octanol–water partition coefficient (Wildman–Crippen LogP) is 4.41. The topological polar surface area (TPSA) is 72.2 Å². The molecule has 0 radical (unpaired) electrons. The first-order valence-corrected chi connectivity index (χ1v) is 9.08. The summed E-state index contributed by atoms with van der Waals surface area (Å²) >= 11 is 5.98. The SMILES string of the molecule is N#Cc1ccc(C(F)(F)F)nc1NC1CCCN(Cc2cc(Cl)ccc2O)C1. The summed E-state index contributed by atoms with van der Waals surface area (Å²) in [5, 5.41) is 22.7. The van der Waals surface area contributed by atoms with E-state index >= 15 is 0 Å². The summed E-state index contributed by atoms with van der Waals surface area (Å²) in [7, 11) is 0. The van der Waals surface area contributed by atoms with Crippen molar-refractivity contribution in [1.29, 1.82) is 5.26 Å². The van der Waals surface area contributed by atoms with Crippen LogP contribution < -0.4 is 5.32 Å². The molecular weight excluding hydrogens is 393 g/mol. The Morgan fingerprint density at radius 1 is 1.32 bits per heavy atom. The maximum atomic E-state index is 12.9. The Morgan fingerprint density at radius 3 is 2.82 bits per heavy atom. The number of halogens is 4. The molecule has 0 spiro atoms. The van der Waals surface area contributed by atoms with Gasteiger partial charge in [0.2, 0.25) is 0 Å². The molecule has 5 nitrogen and oxygen atoms in total. The molecule has 1 atom stereocenters. The minimum absolute atomic E-state index is 0.0604. The smallest absolute Gasteiger partial charge is 0.433 e. The van der Waals surface area contributed by atoms with E-state index in [4.69, 9.17) is 11.6 Å². The highest BCUT2D eigenvalue weighted by Gasteiger charge is 2.33. The normalized spacial score (nSPS) is 17.9. The number of nitrogens with zero attached hydrogens (tertiary/aromatic N) is 3. The third-order valence-electron chi connectivity index (χ3n) is 4.59. The lowest BCUT2D eigenvalue weighted by atomic mass is 10.0. The number of nitriles is 1. The number of hydrogen-bond acceptors (Lipinski definition) is 5. The molecule has 1 unspecified atom stereocenters. The minimum Gasteiger partial charge on any atom is -0.508 e. The Labute approximate surface area is 165 Å². The number of piperidine rings is 1. The summed E-state index contributed by atoms with van der Waals surface area (Å²) in [6, 6.07) is 8.46. The molecule has 3 rings (SSSR count). The number of anilines is 1. The molecule has 1 aromatic heterocycles. The summed E-state index contributed by atoms with van der Waals surface area (Å²) in [5.74, 6) is 0.0839. The average Bonchev–Trinajstić information content (AvgIpc) is 2.64. The van der Waals surface area contributed by atoms with Crippen molar-refractivity contribution in [2.75, 3.05) is 18.4 Å². The van der Waals surface area contributed by atoms with Gasteiger partial charge in [-0.1, -0.05) is 11.6 Å². The molecule has 28 heavy (non-hydrogen) atoms. The lowest BCUT2D eigenvalue weighted by Crippen LogP contribution is -2.42. The molecule has 2 N–H and O–H groups in total. The number of aromatic nitrogens is 1. The first-order valence-electron chi connectivity index (χ1n) is 8.71. The van der Waals surface area contributed by atoms with Crippen LogP contribution in [0.4, 0.5) is 19.0 Å². The van der Waals surface area contributed by atoms with Gasteiger partial charge in [0.1, 0.15) is 23.3 Å². The molecular formula is C19H18ClF3N4O.